The Bertz CT molecular complexity index is 1100. The number of aryl methyl sites for hydroxylation is 1. The van der Waals surface area contributed by atoms with E-state index in [-0.39, 0.29) is 24.3 Å². The first kappa shape index (κ1) is 19.4. The number of carbonyl (C=O) groups excluding carboxylic acids is 2. The van der Waals surface area contributed by atoms with E-state index in [9.17, 15) is 9.59 Å². The van der Waals surface area contributed by atoms with Crippen LogP contribution in [0.25, 0.3) is 20.8 Å². The first-order valence-corrected chi connectivity index (χ1v) is 11.5. The molecule has 0 N–H and O–H groups in total. The number of likely N-dealkylation sites (tertiary alicyclic amines) is 1. The first-order chi connectivity index (χ1) is 14.6. The Morgan fingerprint density at radius 2 is 1.70 bits per heavy atom. The predicted octanol–water partition coefficient (Wildman–Crippen LogP) is 4.78. The van der Waals surface area contributed by atoms with Crippen LogP contribution < -0.4 is 4.90 Å². The minimum absolute atomic E-state index is 0.0786. The van der Waals surface area contributed by atoms with Gasteiger partial charge in [0.05, 0.1) is 28.4 Å². The number of nitrogens with zero attached hydrogens (tertiary/aromatic N) is 3. The first-order valence-electron chi connectivity index (χ1n) is 10.7. The molecule has 6 heteroatoms. The smallest absolute Gasteiger partial charge is 0.251 e. The Labute approximate surface area is 180 Å². The third kappa shape index (κ3) is 3.55. The Morgan fingerprint density at radius 3 is 2.43 bits per heavy atom. The molecule has 1 unspecified atom stereocenters. The molecule has 5 rings (SSSR count). The van der Waals surface area contributed by atoms with Crippen molar-refractivity contribution in [1.82, 2.24) is 9.88 Å². The van der Waals surface area contributed by atoms with E-state index in [1.54, 1.807) is 11.3 Å². The van der Waals surface area contributed by atoms with Crippen molar-refractivity contribution in [3.8, 4) is 10.6 Å². The molecule has 0 aliphatic carbocycles. The third-order valence-corrected chi connectivity index (χ3v) is 7.19. The van der Waals surface area contributed by atoms with Gasteiger partial charge in [-0.3, -0.25) is 14.5 Å². The van der Waals surface area contributed by atoms with Crippen LogP contribution in [0.5, 0.6) is 0 Å². The number of benzene rings is 2. The van der Waals surface area contributed by atoms with Crippen molar-refractivity contribution in [3.05, 3.63) is 48.0 Å². The molecule has 2 amide bonds. The molecule has 154 valence electrons. The lowest BCUT2D eigenvalue weighted by atomic mass is 10.2. The molecule has 3 heterocycles. The fraction of sp³-hybridized carbons (Fsp3) is 0.375. The van der Waals surface area contributed by atoms with Crippen LogP contribution in [0, 0.1) is 6.92 Å². The van der Waals surface area contributed by atoms with Crippen LogP contribution in [-0.2, 0) is 9.59 Å². The Balaban J connectivity index is 1.38. The number of rotatable bonds is 3. The average Bonchev–Trinajstić information content (AvgIpc) is 3.16. The standard InChI is InChI=1S/C24H25N3O2S/c1-16-6-11-19-21(14-16)30-23(25-19)17-7-9-18(10-8-17)27-22(28)15-20(24(27)29)26-12-4-2-3-5-13-26/h6-11,14,20H,2-5,12-13,15H2,1H3. The normalized spacial score (nSPS) is 20.8. The monoisotopic (exact) mass is 419 g/mol. The zero-order chi connectivity index (χ0) is 20.7. The molecule has 30 heavy (non-hydrogen) atoms. The summed E-state index contributed by atoms with van der Waals surface area (Å²) >= 11 is 1.66. The number of carbonyl (C=O) groups is 2. The molecule has 0 radical (unpaired) electrons. The molecule has 1 atom stereocenters. The largest absolute Gasteiger partial charge is 0.292 e. The van der Waals surface area contributed by atoms with Crippen molar-refractivity contribution in [3.63, 3.8) is 0 Å². The summed E-state index contributed by atoms with van der Waals surface area (Å²) in [5.74, 6) is -0.178. The van der Waals surface area contributed by atoms with Crippen LogP contribution in [0.2, 0.25) is 0 Å². The maximum atomic E-state index is 13.1. The maximum absolute atomic E-state index is 13.1. The quantitative estimate of drug-likeness (QED) is 0.574. The number of fused-ring (bicyclic) bond motifs is 1. The summed E-state index contributed by atoms with van der Waals surface area (Å²) in [6.45, 7) is 3.90. The highest BCUT2D eigenvalue weighted by molar-refractivity contribution is 7.21. The number of aromatic nitrogens is 1. The Kier molecular flexibility index (Phi) is 5.13. The van der Waals surface area contributed by atoms with Crippen molar-refractivity contribution in [1.29, 1.82) is 0 Å². The van der Waals surface area contributed by atoms with E-state index < -0.39 is 0 Å². The molecule has 2 saturated heterocycles. The molecule has 2 aliphatic heterocycles. The number of thiazole rings is 1. The molecular weight excluding hydrogens is 394 g/mol. The molecule has 1 aromatic heterocycles. The van der Waals surface area contributed by atoms with E-state index in [1.807, 2.05) is 30.3 Å². The Hall–Kier alpha value is -2.57. The lowest BCUT2D eigenvalue weighted by Gasteiger charge is -2.25. The van der Waals surface area contributed by atoms with Gasteiger partial charge in [-0.1, -0.05) is 18.9 Å². The van der Waals surface area contributed by atoms with Gasteiger partial charge in [-0.2, -0.15) is 0 Å². The van der Waals surface area contributed by atoms with Gasteiger partial charge in [0, 0.05) is 5.56 Å². The molecule has 2 aromatic carbocycles. The molecule has 0 bridgehead atoms. The zero-order valence-electron chi connectivity index (χ0n) is 17.1. The number of anilines is 1. The fourth-order valence-electron chi connectivity index (χ4n) is 4.49. The van der Waals surface area contributed by atoms with Gasteiger partial charge in [0.2, 0.25) is 5.91 Å². The second-order valence-electron chi connectivity index (χ2n) is 8.27. The molecule has 3 aromatic rings. The summed E-state index contributed by atoms with van der Waals surface area (Å²) in [5, 5.41) is 0.948. The SMILES string of the molecule is Cc1ccc2nc(-c3ccc(N4C(=O)CC(N5CCCCCC5)C4=O)cc3)sc2c1. The molecule has 0 saturated carbocycles. The number of imide groups is 1. The summed E-state index contributed by atoms with van der Waals surface area (Å²) in [6, 6.07) is 13.6. The highest BCUT2D eigenvalue weighted by Gasteiger charge is 2.42. The minimum Gasteiger partial charge on any atom is -0.292 e. The zero-order valence-corrected chi connectivity index (χ0v) is 18.0. The van der Waals surface area contributed by atoms with Crippen molar-refractivity contribution < 1.29 is 9.59 Å². The van der Waals surface area contributed by atoms with Crippen LogP contribution in [0.1, 0.15) is 37.7 Å². The maximum Gasteiger partial charge on any atom is 0.251 e. The van der Waals surface area contributed by atoms with E-state index in [4.69, 9.17) is 4.98 Å². The van der Waals surface area contributed by atoms with Gasteiger partial charge in [-0.15, -0.1) is 11.3 Å². The summed E-state index contributed by atoms with van der Waals surface area (Å²) in [4.78, 5) is 34.1. The number of amides is 2. The number of hydrogen-bond acceptors (Lipinski definition) is 5. The molecular formula is C24H25N3O2S. The van der Waals surface area contributed by atoms with E-state index >= 15 is 0 Å². The van der Waals surface area contributed by atoms with E-state index in [0.29, 0.717) is 5.69 Å². The van der Waals surface area contributed by atoms with E-state index in [0.717, 1.165) is 42.0 Å². The van der Waals surface area contributed by atoms with E-state index in [1.165, 1.54) is 28.0 Å². The van der Waals surface area contributed by atoms with Crippen LogP contribution in [0.4, 0.5) is 5.69 Å². The van der Waals surface area contributed by atoms with Crippen LogP contribution >= 0.6 is 11.3 Å². The summed E-state index contributed by atoms with van der Waals surface area (Å²) in [7, 11) is 0. The predicted molar refractivity (Wildman–Crippen MR) is 121 cm³/mol. The molecule has 2 fully saturated rings. The molecule has 0 spiro atoms. The van der Waals surface area contributed by atoms with Crippen molar-refractivity contribution >= 4 is 39.1 Å². The summed E-state index contributed by atoms with van der Waals surface area (Å²) < 4.78 is 1.17. The third-order valence-electron chi connectivity index (χ3n) is 6.12. The minimum atomic E-state index is -0.303. The van der Waals surface area contributed by atoms with Gasteiger partial charge >= 0.3 is 0 Å². The van der Waals surface area contributed by atoms with Gasteiger partial charge < -0.3 is 0 Å². The summed E-state index contributed by atoms with van der Waals surface area (Å²) in [5.41, 5.74) is 3.87. The number of hydrogen-bond donors (Lipinski definition) is 0. The van der Waals surface area contributed by atoms with Gasteiger partial charge in [0.25, 0.3) is 5.91 Å². The lowest BCUT2D eigenvalue weighted by molar-refractivity contribution is -0.122. The highest BCUT2D eigenvalue weighted by atomic mass is 32.1. The Morgan fingerprint density at radius 1 is 0.967 bits per heavy atom. The van der Waals surface area contributed by atoms with Gasteiger partial charge in [-0.05, 0) is 74.8 Å². The van der Waals surface area contributed by atoms with E-state index in [2.05, 4.69) is 24.0 Å². The van der Waals surface area contributed by atoms with Crippen molar-refractivity contribution in [2.24, 2.45) is 0 Å². The fourth-order valence-corrected chi connectivity index (χ4v) is 5.56. The van der Waals surface area contributed by atoms with Crippen LogP contribution in [0.3, 0.4) is 0 Å². The van der Waals surface area contributed by atoms with Gasteiger partial charge in [0.15, 0.2) is 0 Å². The topological polar surface area (TPSA) is 53.5 Å². The van der Waals surface area contributed by atoms with Crippen molar-refractivity contribution in [2.45, 2.75) is 45.1 Å². The summed E-state index contributed by atoms with van der Waals surface area (Å²) in [6.07, 6.45) is 4.92. The van der Waals surface area contributed by atoms with Gasteiger partial charge in [-0.25, -0.2) is 9.88 Å². The molecule has 5 nitrogen and oxygen atoms in total. The second-order valence-corrected chi connectivity index (χ2v) is 9.31. The average molecular weight is 420 g/mol. The highest BCUT2D eigenvalue weighted by Crippen LogP contribution is 2.33. The molecule has 2 aliphatic rings. The lowest BCUT2D eigenvalue weighted by Crippen LogP contribution is -2.42. The second kappa shape index (κ2) is 7.93. The van der Waals surface area contributed by atoms with Crippen molar-refractivity contribution in [2.75, 3.05) is 18.0 Å². The van der Waals surface area contributed by atoms with Crippen LogP contribution in [-0.4, -0.2) is 40.8 Å². The van der Waals surface area contributed by atoms with Gasteiger partial charge in [0.1, 0.15) is 5.01 Å². The van der Waals surface area contributed by atoms with Crippen LogP contribution in [0.15, 0.2) is 42.5 Å².